The van der Waals surface area contributed by atoms with Crippen molar-refractivity contribution >= 4 is 5.95 Å². The lowest BCUT2D eigenvalue weighted by molar-refractivity contribution is 0.201. The van der Waals surface area contributed by atoms with E-state index < -0.39 is 0 Å². The number of ether oxygens (including phenoxy) is 1. The second-order valence-corrected chi connectivity index (χ2v) is 6.38. The lowest BCUT2D eigenvalue weighted by Gasteiger charge is -2.19. The van der Waals surface area contributed by atoms with Gasteiger partial charge in [0.25, 0.3) is 0 Å². The van der Waals surface area contributed by atoms with Crippen molar-refractivity contribution < 1.29 is 9.84 Å². The van der Waals surface area contributed by atoms with Crippen LogP contribution in [0.2, 0.25) is 0 Å². The number of nitrogens with zero attached hydrogens (tertiary/aromatic N) is 2. The Hall–Kier alpha value is -2.08. The molecule has 1 fully saturated rings. The first kappa shape index (κ1) is 16.8. The van der Waals surface area contributed by atoms with Gasteiger partial charge >= 0.3 is 0 Å². The number of aliphatic hydroxyl groups is 1. The number of H-pyrrole nitrogens is 1. The van der Waals surface area contributed by atoms with Crippen LogP contribution in [0.1, 0.15) is 43.5 Å². The molecule has 0 saturated heterocycles. The van der Waals surface area contributed by atoms with Gasteiger partial charge < -0.3 is 15.2 Å². The van der Waals surface area contributed by atoms with Crippen molar-refractivity contribution in [3.05, 3.63) is 35.7 Å². The number of aliphatic hydroxyl groups excluding tert-OH is 1. The molecule has 1 heterocycles. The zero-order valence-electron chi connectivity index (χ0n) is 14.0. The van der Waals surface area contributed by atoms with Crippen molar-refractivity contribution in [2.75, 3.05) is 18.5 Å². The van der Waals surface area contributed by atoms with Gasteiger partial charge in [0.05, 0.1) is 6.61 Å². The Kier molecular flexibility index (Phi) is 6.07. The number of benzene rings is 1. The van der Waals surface area contributed by atoms with E-state index >= 15 is 0 Å². The molecule has 3 N–H and O–H groups in total. The topological polar surface area (TPSA) is 83.1 Å². The van der Waals surface area contributed by atoms with E-state index in [1.807, 2.05) is 24.3 Å². The van der Waals surface area contributed by atoms with Crippen molar-refractivity contribution in [3.63, 3.8) is 0 Å². The molecule has 0 aliphatic heterocycles. The van der Waals surface area contributed by atoms with E-state index in [0.29, 0.717) is 19.1 Å². The summed E-state index contributed by atoms with van der Waals surface area (Å²) < 4.78 is 5.35. The third kappa shape index (κ3) is 4.96. The first-order valence-corrected chi connectivity index (χ1v) is 8.81. The maximum atomic E-state index is 8.75. The average Bonchev–Trinajstić information content (AvgIpc) is 3.07. The second-order valence-electron chi connectivity index (χ2n) is 6.38. The molecule has 1 aliphatic rings. The molecule has 0 spiro atoms. The zero-order valence-corrected chi connectivity index (χ0v) is 14.0. The first-order valence-electron chi connectivity index (χ1n) is 8.81. The Balaban J connectivity index is 1.46. The van der Waals surface area contributed by atoms with Crippen molar-refractivity contribution in [2.24, 2.45) is 5.92 Å². The van der Waals surface area contributed by atoms with Crippen LogP contribution >= 0.6 is 0 Å². The molecule has 1 saturated carbocycles. The number of hydrogen-bond acceptors (Lipinski definition) is 5. The monoisotopic (exact) mass is 330 g/mol. The molecule has 2 aromatic rings. The zero-order chi connectivity index (χ0) is 16.6. The van der Waals surface area contributed by atoms with Gasteiger partial charge in [-0.2, -0.15) is 4.98 Å². The first-order chi connectivity index (χ1) is 11.8. The SMILES string of the molecule is OCCOc1ccc(CNc2n[nH]c(CC3CCCCC3)n2)cc1. The highest BCUT2D eigenvalue weighted by atomic mass is 16.5. The van der Waals surface area contributed by atoms with Crippen LogP contribution in [0.5, 0.6) is 5.75 Å². The summed E-state index contributed by atoms with van der Waals surface area (Å²) in [6, 6.07) is 7.79. The standard InChI is InChI=1S/C18H26N4O2/c23-10-11-24-16-8-6-15(7-9-16)13-19-18-20-17(21-22-18)12-14-4-2-1-3-5-14/h6-9,14,23H,1-5,10-13H2,(H2,19,20,21,22). The van der Waals surface area contributed by atoms with Crippen LogP contribution in [0, 0.1) is 5.92 Å². The fraction of sp³-hybridized carbons (Fsp3) is 0.556. The minimum atomic E-state index is 0.0251. The Morgan fingerprint density at radius 2 is 1.96 bits per heavy atom. The van der Waals surface area contributed by atoms with E-state index in [0.717, 1.165) is 29.5 Å². The highest BCUT2D eigenvalue weighted by Crippen LogP contribution is 2.26. The average molecular weight is 330 g/mol. The summed E-state index contributed by atoms with van der Waals surface area (Å²) in [7, 11) is 0. The third-order valence-electron chi connectivity index (χ3n) is 4.47. The van der Waals surface area contributed by atoms with Gasteiger partial charge in [0.2, 0.25) is 5.95 Å². The number of anilines is 1. The van der Waals surface area contributed by atoms with E-state index in [2.05, 4.69) is 20.5 Å². The molecule has 0 bridgehead atoms. The van der Waals surface area contributed by atoms with Gasteiger partial charge in [0, 0.05) is 13.0 Å². The molecular weight excluding hydrogens is 304 g/mol. The fourth-order valence-corrected chi connectivity index (χ4v) is 3.18. The van der Waals surface area contributed by atoms with Crippen molar-refractivity contribution in [1.82, 2.24) is 15.2 Å². The molecule has 3 rings (SSSR count). The van der Waals surface area contributed by atoms with Gasteiger partial charge in [-0.15, -0.1) is 5.10 Å². The van der Waals surface area contributed by atoms with E-state index in [9.17, 15) is 0 Å². The molecule has 130 valence electrons. The molecule has 0 amide bonds. The van der Waals surface area contributed by atoms with Crippen LogP contribution in [-0.2, 0) is 13.0 Å². The predicted molar refractivity (Wildman–Crippen MR) is 93.0 cm³/mol. The van der Waals surface area contributed by atoms with E-state index in [1.54, 1.807) is 0 Å². The number of hydrogen-bond donors (Lipinski definition) is 3. The quantitative estimate of drug-likeness (QED) is 0.693. The minimum Gasteiger partial charge on any atom is -0.491 e. The second kappa shape index (κ2) is 8.68. The summed E-state index contributed by atoms with van der Waals surface area (Å²) in [6.45, 7) is 1.01. The number of rotatable bonds is 8. The van der Waals surface area contributed by atoms with Crippen molar-refractivity contribution in [1.29, 1.82) is 0 Å². The third-order valence-corrected chi connectivity index (χ3v) is 4.47. The summed E-state index contributed by atoms with van der Waals surface area (Å²) in [5.74, 6) is 3.16. The van der Waals surface area contributed by atoms with Crippen LogP contribution in [0.4, 0.5) is 5.95 Å². The molecule has 0 radical (unpaired) electrons. The van der Waals surface area contributed by atoms with E-state index in [1.165, 1.54) is 32.1 Å². The van der Waals surface area contributed by atoms with Crippen LogP contribution in [0.3, 0.4) is 0 Å². The maximum absolute atomic E-state index is 8.75. The van der Waals surface area contributed by atoms with Crippen LogP contribution < -0.4 is 10.1 Å². The molecule has 0 unspecified atom stereocenters. The number of nitrogens with one attached hydrogen (secondary N) is 2. The summed E-state index contributed by atoms with van der Waals surface area (Å²) in [4.78, 5) is 4.55. The Bertz CT molecular complexity index is 606. The Labute approximate surface area is 142 Å². The summed E-state index contributed by atoms with van der Waals surface area (Å²) in [6.07, 6.45) is 7.71. The molecular formula is C18H26N4O2. The minimum absolute atomic E-state index is 0.0251. The predicted octanol–water partition coefficient (Wildman–Crippen LogP) is 2.91. The van der Waals surface area contributed by atoms with Gasteiger partial charge in [-0.1, -0.05) is 44.2 Å². The highest BCUT2D eigenvalue weighted by molar-refractivity contribution is 5.31. The molecule has 1 aromatic carbocycles. The van der Waals surface area contributed by atoms with Crippen molar-refractivity contribution in [3.8, 4) is 5.75 Å². The molecule has 0 atom stereocenters. The van der Waals surface area contributed by atoms with Gasteiger partial charge in [-0.05, 0) is 23.6 Å². The summed E-state index contributed by atoms with van der Waals surface area (Å²) in [5, 5.41) is 19.3. The normalized spacial score (nSPS) is 15.4. The number of aromatic amines is 1. The van der Waals surface area contributed by atoms with Gasteiger partial charge in [-0.3, -0.25) is 5.10 Å². The molecule has 1 aliphatic carbocycles. The fourth-order valence-electron chi connectivity index (χ4n) is 3.18. The smallest absolute Gasteiger partial charge is 0.242 e. The Morgan fingerprint density at radius 1 is 1.17 bits per heavy atom. The van der Waals surface area contributed by atoms with Crippen LogP contribution in [0.15, 0.2) is 24.3 Å². The summed E-state index contributed by atoms with van der Waals surface area (Å²) in [5.41, 5.74) is 1.13. The largest absolute Gasteiger partial charge is 0.491 e. The maximum Gasteiger partial charge on any atom is 0.242 e. The van der Waals surface area contributed by atoms with Gasteiger partial charge in [0.1, 0.15) is 18.2 Å². The summed E-state index contributed by atoms with van der Waals surface area (Å²) >= 11 is 0. The molecule has 6 heteroatoms. The van der Waals surface area contributed by atoms with Crippen LogP contribution in [-0.4, -0.2) is 33.5 Å². The highest BCUT2D eigenvalue weighted by Gasteiger charge is 2.15. The Morgan fingerprint density at radius 3 is 2.71 bits per heavy atom. The van der Waals surface area contributed by atoms with E-state index in [-0.39, 0.29) is 6.61 Å². The number of aromatic nitrogens is 3. The van der Waals surface area contributed by atoms with Crippen LogP contribution in [0.25, 0.3) is 0 Å². The molecule has 24 heavy (non-hydrogen) atoms. The van der Waals surface area contributed by atoms with Gasteiger partial charge in [0.15, 0.2) is 0 Å². The van der Waals surface area contributed by atoms with Crippen molar-refractivity contribution in [2.45, 2.75) is 45.1 Å². The lowest BCUT2D eigenvalue weighted by Crippen LogP contribution is -2.10. The molecule has 6 nitrogen and oxygen atoms in total. The molecule has 1 aromatic heterocycles. The van der Waals surface area contributed by atoms with Gasteiger partial charge in [-0.25, -0.2) is 0 Å². The lowest BCUT2D eigenvalue weighted by atomic mass is 9.87. The van der Waals surface area contributed by atoms with E-state index in [4.69, 9.17) is 9.84 Å².